The number of rotatable bonds is 4. The molecule has 0 bridgehead atoms. The van der Waals surface area contributed by atoms with Gasteiger partial charge >= 0.3 is 12.0 Å². The van der Waals surface area contributed by atoms with Gasteiger partial charge in [0, 0.05) is 11.7 Å². The number of carbonyl (C=O) groups excluding carboxylic acids is 4. The Labute approximate surface area is 181 Å². The molecule has 8 heteroatoms. The van der Waals surface area contributed by atoms with Crippen molar-refractivity contribution in [3.63, 3.8) is 0 Å². The first kappa shape index (κ1) is 21.3. The van der Waals surface area contributed by atoms with Gasteiger partial charge in [-0.05, 0) is 50.2 Å². The number of hydrogen-bond donors (Lipinski definition) is 1. The quantitative estimate of drug-likeness (QED) is 0.588. The highest BCUT2D eigenvalue weighted by molar-refractivity contribution is 6.09. The number of imide groups is 1. The van der Waals surface area contributed by atoms with E-state index in [0.717, 1.165) is 48.3 Å². The summed E-state index contributed by atoms with van der Waals surface area (Å²) >= 11 is 0. The Kier molecular flexibility index (Phi) is 5.73. The third kappa shape index (κ3) is 3.79. The molecular formula is C23H29N3O5. The molecule has 2 fully saturated rings. The smallest absolute Gasteiger partial charge is 0.326 e. The molecule has 1 saturated carbocycles. The third-order valence-corrected chi connectivity index (χ3v) is 6.94. The molecule has 4 amide bonds. The van der Waals surface area contributed by atoms with Crippen LogP contribution in [0.3, 0.4) is 0 Å². The Balaban J connectivity index is 1.37. The van der Waals surface area contributed by atoms with Gasteiger partial charge in [0.2, 0.25) is 0 Å². The van der Waals surface area contributed by atoms with E-state index in [-0.39, 0.29) is 23.8 Å². The fourth-order valence-electron chi connectivity index (χ4n) is 5.09. The number of amides is 4. The van der Waals surface area contributed by atoms with Crippen LogP contribution in [0.4, 0.5) is 10.5 Å². The average Bonchev–Trinajstić information content (AvgIpc) is 2.99. The van der Waals surface area contributed by atoms with Crippen molar-refractivity contribution in [2.24, 2.45) is 5.92 Å². The molecule has 2 aliphatic heterocycles. The van der Waals surface area contributed by atoms with Crippen molar-refractivity contribution in [2.75, 3.05) is 18.1 Å². The average molecular weight is 428 g/mol. The Hall–Kier alpha value is -2.90. The molecule has 1 aliphatic carbocycles. The maximum absolute atomic E-state index is 13.0. The van der Waals surface area contributed by atoms with Gasteiger partial charge in [-0.1, -0.05) is 38.0 Å². The van der Waals surface area contributed by atoms with E-state index in [4.69, 9.17) is 4.74 Å². The summed E-state index contributed by atoms with van der Waals surface area (Å²) in [5, 5.41) is 2.81. The highest BCUT2D eigenvalue weighted by Crippen LogP contribution is 2.38. The van der Waals surface area contributed by atoms with Crippen molar-refractivity contribution in [3.8, 4) is 0 Å². The van der Waals surface area contributed by atoms with Gasteiger partial charge in [0.05, 0.1) is 0 Å². The van der Waals surface area contributed by atoms with E-state index in [1.165, 1.54) is 0 Å². The van der Waals surface area contributed by atoms with Gasteiger partial charge in [-0.25, -0.2) is 4.79 Å². The zero-order chi connectivity index (χ0) is 22.2. The maximum atomic E-state index is 13.0. The third-order valence-electron chi connectivity index (χ3n) is 6.94. The Morgan fingerprint density at radius 1 is 1.16 bits per heavy atom. The molecule has 1 N–H and O–H groups in total. The van der Waals surface area contributed by atoms with Crippen LogP contribution in [0.25, 0.3) is 0 Å². The Bertz CT molecular complexity index is 916. The van der Waals surface area contributed by atoms with Crippen LogP contribution in [0.1, 0.15) is 51.5 Å². The van der Waals surface area contributed by atoms with Crippen LogP contribution in [0.2, 0.25) is 0 Å². The summed E-state index contributed by atoms with van der Waals surface area (Å²) in [7, 11) is 0. The number of esters is 1. The molecule has 3 aliphatic rings. The minimum Gasteiger partial charge on any atom is -0.454 e. The first-order chi connectivity index (χ1) is 14.8. The van der Waals surface area contributed by atoms with Crippen LogP contribution in [-0.4, -0.2) is 53.4 Å². The molecule has 0 aromatic heterocycles. The van der Waals surface area contributed by atoms with Crippen molar-refractivity contribution in [2.45, 2.75) is 64.0 Å². The van der Waals surface area contributed by atoms with Gasteiger partial charge < -0.3 is 15.0 Å². The second-order valence-corrected chi connectivity index (χ2v) is 8.88. The van der Waals surface area contributed by atoms with Crippen LogP contribution in [-0.2, 0) is 25.5 Å². The summed E-state index contributed by atoms with van der Waals surface area (Å²) in [5.41, 5.74) is 1.01. The monoisotopic (exact) mass is 427 g/mol. The van der Waals surface area contributed by atoms with E-state index in [0.29, 0.717) is 6.42 Å². The van der Waals surface area contributed by atoms with Gasteiger partial charge in [0.1, 0.15) is 12.1 Å². The number of aryl methyl sites for hydroxylation is 1. The van der Waals surface area contributed by atoms with Gasteiger partial charge in [0.25, 0.3) is 11.8 Å². The molecule has 166 valence electrons. The van der Waals surface area contributed by atoms with Crippen molar-refractivity contribution < 1.29 is 23.9 Å². The SMILES string of the molecule is CC1CCc2ccccc2N1C(=O)COC(=O)CN1C(=O)NC2(CCCCC2C)C1=O. The van der Waals surface area contributed by atoms with E-state index in [9.17, 15) is 19.2 Å². The number of carbonyl (C=O) groups is 4. The summed E-state index contributed by atoms with van der Waals surface area (Å²) in [6, 6.07) is 7.13. The lowest BCUT2D eigenvalue weighted by atomic mass is 9.73. The number of ether oxygens (including phenoxy) is 1. The molecule has 1 aromatic carbocycles. The minimum absolute atomic E-state index is 0.000290. The molecular weight excluding hydrogens is 398 g/mol. The van der Waals surface area contributed by atoms with Crippen LogP contribution in [0, 0.1) is 5.92 Å². The topological polar surface area (TPSA) is 96.0 Å². The van der Waals surface area contributed by atoms with Gasteiger partial charge in [-0.2, -0.15) is 0 Å². The van der Waals surface area contributed by atoms with Crippen molar-refractivity contribution in [1.29, 1.82) is 0 Å². The second-order valence-electron chi connectivity index (χ2n) is 8.88. The Morgan fingerprint density at radius 2 is 1.94 bits per heavy atom. The van der Waals surface area contributed by atoms with Crippen molar-refractivity contribution in [1.82, 2.24) is 10.2 Å². The standard InChI is InChI=1S/C23H29N3O5/c1-15-7-5-6-12-23(15)21(29)25(22(30)24-23)13-20(28)31-14-19(27)26-16(2)10-11-17-8-3-4-9-18(17)26/h3-4,8-9,15-16H,5-7,10-14H2,1-2H3,(H,24,30). The number of fused-ring (bicyclic) bond motifs is 1. The number of benzene rings is 1. The molecule has 1 aromatic rings. The van der Waals surface area contributed by atoms with Crippen LogP contribution in [0.5, 0.6) is 0 Å². The zero-order valence-electron chi connectivity index (χ0n) is 18.1. The highest BCUT2D eigenvalue weighted by atomic mass is 16.5. The van der Waals surface area contributed by atoms with E-state index < -0.39 is 30.7 Å². The van der Waals surface area contributed by atoms with Crippen molar-refractivity contribution in [3.05, 3.63) is 29.8 Å². The van der Waals surface area contributed by atoms with Gasteiger partial charge in [0.15, 0.2) is 6.61 Å². The summed E-state index contributed by atoms with van der Waals surface area (Å²) in [5.74, 6) is -1.44. The molecule has 31 heavy (non-hydrogen) atoms. The van der Waals surface area contributed by atoms with Crippen LogP contribution in [0.15, 0.2) is 24.3 Å². The zero-order valence-corrected chi connectivity index (χ0v) is 18.1. The molecule has 3 unspecified atom stereocenters. The van der Waals surface area contributed by atoms with Crippen molar-refractivity contribution >= 4 is 29.5 Å². The van der Waals surface area contributed by atoms with Crippen LogP contribution >= 0.6 is 0 Å². The molecule has 0 radical (unpaired) electrons. The van der Waals surface area contributed by atoms with Gasteiger partial charge in [-0.15, -0.1) is 0 Å². The lowest BCUT2D eigenvalue weighted by Crippen LogP contribution is -2.54. The number of urea groups is 1. The fourth-order valence-corrected chi connectivity index (χ4v) is 5.09. The molecule has 2 heterocycles. The number of anilines is 1. The summed E-state index contributed by atoms with van der Waals surface area (Å²) in [6.07, 6.45) is 5.04. The fraction of sp³-hybridized carbons (Fsp3) is 0.565. The van der Waals surface area contributed by atoms with E-state index >= 15 is 0 Å². The minimum atomic E-state index is -0.918. The normalized spacial score (nSPS) is 27.8. The first-order valence-corrected chi connectivity index (χ1v) is 11.0. The maximum Gasteiger partial charge on any atom is 0.326 e. The summed E-state index contributed by atoms with van der Waals surface area (Å²) in [4.78, 5) is 53.2. The number of nitrogens with zero attached hydrogens (tertiary/aromatic N) is 2. The first-order valence-electron chi connectivity index (χ1n) is 11.0. The molecule has 4 rings (SSSR count). The summed E-state index contributed by atoms with van der Waals surface area (Å²) in [6.45, 7) is 3.00. The molecule has 3 atom stereocenters. The van der Waals surface area contributed by atoms with Gasteiger partial charge in [-0.3, -0.25) is 19.3 Å². The number of hydrogen-bond acceptors (Lipinski definition) is 5. The Morgan fingerprint density at radius 3 is 2.71 bits per heavy atom. The van der Waals surface area contributed by atoms with E-state index in [1.54, 1.807) is 4.90 Å². The number of para-hydroxylation sites is 1. The van der Waals surface area contributed by atoms with E-state index in [2.05, 4.69) is 5.32 Å². The van der Waals surface area contributed by atoms with E-state index in [1.807, 2.05) is 38.1 Å². The predicted octanol–water partition coefficient (Wildman–Crippen LogP) is 2.40. The lowest BCUT2D eigenvalue weighted by Gasteiger charge is -2.36. The second kappa shape index (κ2) is 8.32. The molecule has 8 nitrogen and oxygen atoms in total. The molecule has 1 saturated heterocycles. The number of nitrogens with one attached hydrogen (secondary N) is 1. The summed E-state index contributed by atoms with van der Waals surface area (Å²) < 4.78 is 5.18. The lowest BCUT2D eigenvalue weighted by molar-refractivity contribution is -0.151. The predicted molar refractivity (Wildman–Crippen MR) is 113 cm³/mol. The molecule has 1 spiro atoms. The highest BCUT2D eigenvalue weighted by Gasteiger charge is 2.55. The largest absolute Gasteiger partial charge is 0.454 e. The van der Waals surface area contributed by atoms with Crippen LogP contribution < -0.4 is 10.2 Å².